The van der Waals surface area contributed by atoms with Crippen molar-refractivity contribution in [1.29, 1.82) is 0 Å². The lowest BCUT2D eigenvalue weighted by Crippen LogP contribution is -2.37. The van der Waals surface area contributed by atoms with Gasteiger partial charge in [0.2, 0.25) is 5.91 Å². The fourth-order valence-electron chi connectivity index (χ4n) is 7.57. The van der Waals surface area contributed by atoms with Crippen LogP contribution in [0.15, 0.2) is 46.7 Å². The van der Waals surface area contributed by atoms with Gasteiger partial charge in [0, 0.05) is 96.1 Å². The van der Waals surface area contributed by atoms with Crippen LogP contribution in [0.4, 0.5) is 23.0 Å². The number of nitrogens with zero attached hydrogens (tertiary/aromatic N) is 10. The van der Waals surface area contributed by atoms with Crippen molar-refractivity contribution in [3.8, 4) is 0 Å². The Balaban J connectivity index is 0.000000173. The molecule has 6 aromatic rings. The Hall–Kier alpha value is -5.01. The Morgan fingerprint density at radius 1 is 0.656 bits per heavy atom. The minimum absolute atomic E-state index is 0.0697. The van der Waals surface area contributed by atoms with Gasteiger partial charge in [0.05, 0.1) is 26.4 Å². The molecule has 3 fully saturated rings. The summed E-state index contributed by atoms with van der Waals surface area (Å²) in [5.74, 6) is 5.23. The summed E-state index contributed by atoms with van der Waals surface area (Å²) in [5.41, 5.74) is 15.6. The van der Waals surface area contributed by atoms with Crippen LogP contribution in [0.25, 0.3) is 22.3 Å². The van der Waals surface area contributed by atoms with Crippen molar-refractivity contribution in [1.82, 2.24) is 39.0 Å². The number of nitrogens with two attached hydrogens (primary N) is 1. The van der Waals surface area contributed by atoms with E-state index in [0.29, 0.717) is 32.2 Å². The lowest BCUT2D eigenvalue weighted by Gasteiger charge is -2.28. The third-order valence-corrected chi connectivity index (χ3v) is 13.2. The van der Waals surface area contributed by atoms with Crippen molar-refractivity contribution in [2.75, 3.05) is 86.7 Å². The van der Waals surface area contributed by atoms with E-state index in [1.54, 1.807) is 23.5 Å². The van der Waals surface area contributed by atoms with Crippen LogP contribution >= 0.6 is 23.5 Å². The van der Waals surface area contributed by atoms with Crippen LogP contribution in [0.3, 0.4) is 0 Å². The molecule has 3 saturated heterocycles. The fourth-order valence-corrected chi connectivity index (χ4v) is 9.12. The van der Waals surface area contributed by atoms with E-state index in [4.69, 9.17) is 49.8 Å². The molecule has 0 bridgehead atoms. The minimum atomic E-state index is -0.0697. The molecule has 64 heavy (non-hydrogen) atoms. The van der Waals surface area contributed by atoms with Crippen LogP contribution in [0.5, 0.6) is 0 Å². The fraction of sp³-hybridized carbons (Fsp3) is 0.500. The number of amides is 1. The third kappa shape index (κ3) is 11.6. The van der Waals surface area contributed by atoms with E-state index in [1.807, 2.05) is 46.1 Å². The second kappa shape index (κ2) is 22.3. The van der Waals surface area contributed by atoms with E-state index in [2.05, 4.69) is 56.3 Å². The van der Waals surface area contributed by atoms with Gasteiger partial charge in [0.25, 0.3) is 0 Å². The van der Waals surface area contributed by atoms with Crippen LogP contribution in [0.1, 0.15) is 67.5 Å². The van der Waals surface area contributed by atoms with Crippen LogP contribution in [-0.2, 0) is 57.4 Å². The average molecular weight is 911 g/mol. The number of nitrogen functional groups attached to an aromatic ring is 1. The maximum Gasteiger partial charge on any atom is 0.221 e. The van der Waals surface area contributed by atoms with Gasteiger partial charge in [-0.1, -0.05) is 61.6 Å². The van der Waals surface area contributed by atoms with Crippen LogP contribution < -0.4 is 20.9 Å². The molecular formula is C46H62N12O4S2. The third-order valence-electron chi connectivity index (χ3n) is 11.3. The second-order valence-electron chi connectivity index (χ2n) is 16.0. The maximum atomic E-state index is 11.5. The van der Waals surface area contributed by atoms with Crippen molar-refractivity contribution >= 4 is 74.8 Å². The molecule has 3 aliphatic rings. The largest absolute Gasteiger partial charge is 0.399 e. The van der Waals surface area contributed by atoms with Crippen molar-refractivity contribution in [3.63, 3.8) is 0 Å². The molecule has 7 heterocycles. The average Bonchev–Trinajstić information content (AvgIpc) is 4.08. The number of hydrogen-bond donors (Lipinski definition) is 2. The molecule has 0 unspecified atom stereocenters. The van der Waals surface area contributed by atoms with E-state index in [9.17, 15) is 4.79 Å². The molecule has 16 nitrogen and oxygen atoms in total. The molecule has 4 aromatic heterocycles. The lowest BCUT2D eigenvalue weighted by atomic mass is 10.1. The molecule has 342 valence electrons. The van der Waals surface area contributed by atoms with Crippen LogP contribution in [-0.4, -0.2) is 111 Å². The SMILES string of the molecule is C1CCOC1.CCc1nc2c(N3CCOCC3)nc(SCc3ccc(C)c(N)c3)nc2n1C.CCc1nc2c(N3CCOCC3)nc(SCc3ccc(C)c(NC(C)=O)c3)nc2n1C. The van der Waals surface area contributed by atoms with Crippen molar-refractivity contribution in [3.05, 3.63) is 70.3 Å². The number of anilines is 4. The number of fused-ring (bicyclic) bond motifs is 2. The van der Waals surface area contributed by atoms with Gasteiger partial charge in [-0.3, -0.25) is 4.79 Å². The van der Waals surface area contributed by atoms with E-state index >= 15 is 0 Å². The van der Waals surface area contributed by atoms with E-state index in [1.165, 1.54) is 25.3 Å². The number of carbonyl (C=O) groups excluding carboxylic acids is 1. The molecule has 0 spiro atoms. The predicted octanol–water partition coefficient (Wildman–Crippen LogP) is 7.06. The van der Waals surface area contributed by atoms with Gasteiger partial charge in [-0.2, -0.15) is 0 Å². The zero-order chi connectivity index (χ0) is 45.2. The molecule has 3 N–H and O–H groups in total. The summed E-state index contributed by atoms with van der Waals surface area (Å²) < 4.78 is 20.1. The highest BCUT2D eigenvalue weighted by Gasteiger charge is 2.24. The quantitative estimate of drug-likeness (QED) is 0.0767. The summed E-state index contributed by atoms with van der Waals surface area (Å²) in [5, 5.41) is 4.38. The van der Waals surface area contributed by atoms with Gasteiger partial charge in [-0.25, -0.2) is 29.9 Å². The lowest BCUT2D eigenvalue weighted by molar-refractivity contribution is -0.114. The molecule has 0 aliphatic carbocycles. The Morgan fingerprint density at radius 3 is 1.53 bits per heavy atom. The first-order chi connectivity index (χ1) is 31.0. The molecule has 0 radical (unpaired) electrons. The predicted molar refractivity (Wildman–Crippen MR) is 258 cm³/mol. The van der Waals surface area contributed by atoms with Crippen LogP contribution in [0, 0.1) is 13.8 Å². The smallest absolute Gasteiger partial charge is 0.221 e. The van der Waals surface area contributed by atoms with Gasteiger partial charge in [-0.05, 0) is 61.1 Å². The first-order valence-electron chi connectivity index (χ1n) is 22.2. The molecule has 9 rings (SSSR count). The van der Waals surface area contributed by atoms with E-state index in [-0.39, 0.29) is 5.91 Å². The molecular weight excluding hydrogens is 849 g/mol. The number of aromatic nitrogens is 8. The first kappa shape index (κ1) is 47.0. The van der Waals surface area contributed by atoms with Gasteiger partial charge < -0.3 is 44.2 Å². The Labute approximate surface area is 384 Å². The standard InChI is InChI=1S/C22H28N6O2S.C20H26N6OS.C4H8O/c1-5-18-24-19-20(27(18)4)25-22(26-21(19)28-8-10-30-11-9-28)31-13-16-7-6-14(2)17(12-16)23-15(3)29;1-4-16-22-17-18(25(16)3)23-20(24-19(17)26-7-9-27-10-8-26)28-12-14-6-5-13(2)15(21)11-14;1-2-4-5-3-1/h6-7,12H,5,8-11,13H2,1-4H3,(H,23,29);5-6,11H,4,7-10,12,21H2,1-3H3;1-4H2. The number of hydrogen-bond acceptors (Lipinski definition) is 15. The number of carbonyl (C=O) groups is 1. The van der Waals surface area contributed by atoms with Gasteiger partial charge >= 0.3 is 0 Å². The molecule has 18 heteroatoms. The number of ether oxygens (including phenoxy) is 3. The highest BCUT2D eigenvalue weighted by atomic mass is 32.2. The Morgan fingerprint density at radius 2 is 1.11 bits per heavy atom. The molecule has 0 saturated carbocycles. The minimum Gasteiger partial charge on any atom is -0.399 e. The summed E-state index contributed by atoms with van der Waals surface area (Å²) in [6, 6.07) is 12.3. The van der Waals surface area contributed by atoms with Gasteiger partial charge in [0.1, 0.15) is 11.6 Å². The molecule has 0 atom stereocenters. The number of imidazole rings is 2. The number of thioether (sulfide) groups is 2. The summed E-state index contributed by atoms with van der Waals surface area (Å²) in [6.45, 7) is 17.8. The second-order valence-corrected chi connectivity index (χ2v) is 17.9. The number of benzene rings is 2. The topological polar surface area (TPSA) is 176 Å². The number of nitrogens with one attached hydrogen (secondary N) is 1. The van der Waals surface area contributed by atoms with Gasteiger partial charge in [-0.15, -0.1) is 0 Å². The molecule has 1 amide bonds. The summed E-state index contributed by atoms with van der Waals surface area (Å²) >= 11 is 3.22. The molecule has 2 aromatic carbocycles. The van der Waals surface area contributed by atoms with Crippen molar-refractivity contribution in [2.24, 2.45) is 14.1 Å². The summed E-state index contributed by atoms with van der Waals surface area (Å²) in [4.78, 5) is 45.0. The zero-order valence-corrected chi connectivity index (χ0v) is 39.9. The van der Waals surface area contributed by atoms with Crippen molar-refractivity contribution in [2.45, 2.75) is 82.1 Å². The highest BCUT2D eigenvalue weighted by Crippen LogP contribution is 2.32. The van der Waals surface area contributed by atoms with Gasteiger partial charge in [0.15, 0.2) is 44.3 Å². The number of aryl methyl sites for hydroxylation is 6. The van der Waals surface area contributed by atoms with Crippen molar-refractivity contribution < 1.29 is 19.0 Å². The Bertz CT molecular complexity index is 2520. The summed E-state index contributed by atoms with van der Waals surface area (Å²) in [6.07, 6.45) is 4.26. The highest BCUT2D eigenvalue weighted by molar-refractivity contribution is 7.98. The maximum absolute atomic E-state index is 11.5. The summed E-state index contributed by atoms with van der Waals surface area (Å²) in [7, 11) is 4.04. The Kier molecular flexibility index (Phi) is 16.3. The molecule has 3 aliphatic heterocycles. The number of morpholine rings is 2. The monoisotopic (exact) mass is 910 g/mol. The normalized spacial score (nSPS) is 15.2. The zero-order valence-electron chi connectivity index (χ0n) is 38.3. The number of rotatable bonds is 11. The first-order valence-corrected chi connectivity index (χ1v) is 24.2. The van der Waals surface area contributed by atoms with E-state index in [0.717, 1.165) is 142 Å². The van der Waals surface area contributed by atoms with E-state index < -0.39 is 0 Å². The van der Waals surface area contributed by atoms with Crippen LogP contribution in [0.2, 0.25) is 0 Å².